The Kier molecular flexibility index (Phi) is 5.49. The molecule has 2 aromatic rings. The summed E-state index contributed by atoms with van der Waals surface area (Å²) in [6, 6.07) is 21.6. The van der Waals surface area contributed by atoms with Crippen molar-refractivity contribution in [2.75, 3.05) is 31.1 Å². The molecule has 2 aromatic carbocycles. The maximum Gasteiger partial charge on any atom is 0.0430 e. The zero-order valence-corrected chi connectivity index (χ0v) is 13.3. The van der Waals surface area contributed by atoms with Crippen molar-refractivity contribution in [3.8, 4) is 0 Å². The van der Waals surface area contributed by atoms with Crippen LogP contribution in [0.5, 0.6) is 0 Å². The standard InChI is InChI=1S/C20H26N2/c1-4-10-19(11-5-1)18-22(20-12-6-2-7-13-20)17-16-21-14-8-3-9-15-21/h1-2,4-7,10-13H,3,8-9,14-18H2. The first kappa shape index (κ1) is 15.1. The molecule has 116 valence electrons. The van der Waals surface area contributed by atoms with Crippen LogP contribution in [-0.2, 0) is 6.54 Å². The number of hydrogen-bond acceptors (Lipinski definition) is 2. The van der Waals surface area contributed by atoms with Crippen molar-refractivity contribution in [2.24, 2.45) is 0 Å². The molecule has 1 aliphatic rings. The van der Waals surface area contributed by atoms with Gasteiger partial charge in [-0.1, -0.05) is 55.0 Å². The Bertz CT molecular complexity index is 532. The van der Waals surface area contributed by atoms with Crippen LogP contribution in [-0.4, -0.2) is 31.1 Å². The van der Waals surface area contributed by atoms with Crippen LogP contribution in [0.15, 0.2) is 60.7 Å². The first-order valence-electron chi connectivity index (χ1n) is 8.48. The van der Waals surface area contributed by atoms with Crippen molar-refractivity contribution < 1.29 is 0 Å². The topological polar surface area (TPSA) is 6.48 Å². The van der Waals surface area contributed by atoms with Gasteiger partial charge in [-0.3, -0.25) is 0 Å². The largest absolute Gasteiger partial charge is 0.366 e. The number of likely N-dealkylation sites (tertiary alicyclic amines) is 1. The Morgan fingerprint density at radius 2 is 1.41 bits per heavy atom. The summed E-state index contributed by atoms with van der Waals surface area (Å²) >= 11 is 0. The molecule has 2 nitrogen and oxygen atoms in total. The van der Waals surface area contributed by atoms with Gasteiger partial charge in [0, 0.05) is 25.3 Å². The predicted octanol–water partition coefficient (Wildman–Crippen LogP) is 4.18. The van der Waals surface area contributed by atoms with E-state index in [4.69, 9.17) is 0 Å². The van der Waals surface area contributed by atoms with E-state index in [2.05, 4.69) is 70.5 Å². The van der Waals surface area contributed by atoms with Crippen molar-refractivity contribution in [1.29, 1.82) is 0 Å². The van der Waals surface area contributed by atoms with E-state index in [1.165, 1.54) is 50.1 Å². The molecule has 3 rings (SSSR count). The molecular weight excluding hydrogens is 268 g/mol. The molecule has 0 bridgehead atoms. The van der Waals surface area contributed by atoms with Gasteiger partial charge in [-0.25, -0.2) is 0 Å². The molecule has 0 N–H and O–H groups in total. The maximum atomic E-state index is 2.62. The fraction of sp³-hybridized carbons (Fsp3) is 0.400. The first-order chi connectivity index (χ1) is 10.9. The Balaban J connectivity index is 1.66. The third-order valence-corrected chi connectivity index (χ3v) is 4.47. The van der Waals surface area contributed by atoms with Crippen LogP contribution in [0.2, 0.25) is 0 Å². The number of anilines is 1. The van der Waals surface area contributed by atoms with Crippen LogP contribution in [0.25, 0.3) is 0 Å². The van der Waals surface area contributed by atoms with Crippen LogP contribution in [0, 0.1) is 0 Å². The molecular formula is C20H26N2. The number of nitrogens with zero attached hydrogens (tertiary/aromatic N) is 2. The molecule has 1 aliphatic heterocycles. The maximum absolute atomic E-state index is 2.62. The van der Waals surface area contributed by atoms with Crippen molar-refractivity contribution in [3.05, 3.63) is 66.2 Å². The SMILES string of the molecule is c1ccc(CN(CCN2CCCCC2)c2ccccc2)cc1. The van der Waals surface area contributed by atoms with Gasteiger partial charge in [0.15, 0.2) is 0 Å². The third-order valence-electron chi connectivity index (χ3n) is 4.47. The van der Waals surface area contributed by atoms with Gasteiger partial charge < -0.3 is 9.80 Å². The summed E-state index contributed by atoms with van der Waals surface area (Å²) in [5.74, 6) is 0. The smallest absolute Gasteiger partial charge is 0.0430 e. The Hall–Kier alpha value is -1.80. The predicted molar refractivity (Wildman–Crippen MR) is 94.2 cm³/mol. The second-order valence-electron chi connectivity index (χ2n) is 6.15. The molecule has 0 amide bonds. The Morgan fingerprint density at radius 1 is 0.773 bits per heavy atom. The van der Waals surface area contributed by atoms with Crippen molar-refractivity contribution in [3.63, 3.8) is 0 Å². The summed E-state index contributed by atoms with van der Waals surface area (Å²) in [5.41, 5.74) is 2.70. The lowest BCUT2D eigenvalue weighted by atomic mass is 10.1. The Labute approximate surface area is 134 Å². The van der Waals surface area contributed by atoms with Crippen molar-refractivity contribution in [1.82, 2.24) is 4.90 Å². The van der Waals surface area contributed by atoms with E-state index in [1.807, 2.05) is 0 Å². The second-order valence-corrected chi connectivity index (χ2v) is 6.15. The molecule has 2 heteroatoms. The zero-order chi connectivity index (χ0) is 15.0. The van der Waals surface area contributed by atoms with Gasteiger partial charge in [0.25, 0.3) is 0 Å². The minimum absolute atomic E-state index is 0.985. The Morgan fingerprint density at radius 3 is 2.09 bits per heavy atom. The molecule has 0 unspecified atom stereocenters. The van der Waals surface area contributed by atoms with Crippen LogP contribution in [0.1, 0.15) is 24.8 Å². The molecule has 0 atom stereocenters. The van der Waals surface area contributed by atoms with E-state index in [9.17, 15) is 0 Å². The van der Waals surface area contributed by atoms with E-state index in [-0.39, 0.29) is 0 Å². The van der Waals surface area contributed by atoms with Gasteiger partial charge in [-0.2, -0.15) is 0 Å². The molecule has 0 aromatic heterocycles. The molecule has 0 aliphatic carbocycles. The minimum atomic E-state index is 0.985. The number of para-hydroxylation sites is 1. The lowest BCUT2D eigenvalue weighted by Crippen LogP contribution is -2.37. The zero-order valence-electron chi connectivity index (χ0n) is 13.3. The number of piperidine rings is 1. The van der Waals surface area contributed by atoms with Gasteiger partial charge in [-0.15, -0.1) is 0 Å². The van der Waals surface area contributed by atoms with Crippen LogP contribution in [0.3, 0.4) is 0 Å². The summed E-state index contributed by atoms with van der Waals surface area (Å²) in [6.07, 6.45) is 4.14. The highest BCUT2D eigenvalue weighted by Crippen LogP contribution is 2.17. The summed E-state index contributed by atoms with van der Waals surface area (Å²) in [6.45, 7) is 5.79. The van der Waals surface area contributed by atoms with E-state index in [0.29, 0.717) is 0 Å². The van der Waals surface area contributed by atoms with Crippen LogP contribution in [0.4, 0.5) is 5.69 Å². The normalized spacial score (nSPS) is 15.6. The summed E-state index contributed by atoms with van der Waals surface area (Å²) < 4.78 is 0. The fourth-order valence-electron chi connectivity index (χ4n) is 3.19. The lowest BCUT2D eigenvalue weighted by molar-refractivity contribution is 0.233. The van der Waals surface area contributed by atoms with E-state index in [1.54, 1.807) is 0 Å². The highest BCUT2D eigenvalue weighted by Gasteiger charge is 2.13. The van der Waals surface area contributed by atoms with Gasteiger partial charge >= 0.3 is 0 Å². The molecule has 0 radical (unpaired) electrons. The summed E-state index contributed by atoms with van der Waals surface area (Å²) in [7, 11) is 0. The lowest BCUT2D eigenvalue weighted by Gasteiger charge is -2.31. The van der Waals surface area contributed by atoms with Crippen molar-refractivity contribution in [2.45, 2.75) is 25.8 Å². The second kappa shape index (κ2) is 8.00. The fourth-order valence-corrected chi connectivity index (χ4v) is 3.19. The number of hydrogen-bond donors (Lipinski definition) is 0. The average molecular weight is 294 g/mol. The molecule has 1 fully saturated rings. The first-order valence-corrected chi connectivity index (χ1v) is 8.48. The van der Waals surface area contributed by atoms with Gasteiger partial charge in [0.05, 0.1) is 0 Å². The van der Waals surface area contributed by atoms with Gasteiger partial charge in [0.2, 0.25) is 0 Å². The molecule has 0 saturated carbocycles. The highest BCUT2D eigenvalue weighted by atomic mass is 15.2. The third kappa shape index (κ3) is 4.35. The molecule has 1 heterocycles. The highest BCUT2D eigenvalue weighted by molar-refractivity contribution is 5.46. The molecule has 1 saturated heterocycles. The van der Waals surface area contributed by atoms with Gasteiger partial charge in [0.1, 0.15) is 0 Å². The molecule has 0 spiro atoms. The van der Waals surface area contributed by atoms with E-state index >= 15 is 0 Å². The van der Waals surface area contributed by atoms with Crippen LogP contribution < -0.4 is 4.90 Å². The number of rotatable bonds is 6. The van der Waals surface area contributed by atoms with Gasteiger partial charge in [-0.05, 0) is 43.6 Å². The van der Waals surface area contributed by atoms with E-state index < -0.39 is 0 Å². The summed E-state index contributed by atoms with van der Waals surface area (Å²) in [5, 5.41) is 0. The van der Waals surface area contributed by atoms with Crippen LogP contribution >= 0.6 is 0 Å². The monoisotopic (exact) mass is 294 g/mol. The van der Waals surface area contributed by atoms with Crippen molar-refractivity contribution >= 4 is 5.69 Å². The quantitative estimate of drug-likeness (QED) is 0.788. The molecule has 22 heavy (non-hydrogen) atoms. The average Bonchev–Trinajstić information content (AvgIpc) is 2.61. The summed E-state index contributed by atoms with van der Waals surface area (Å²) in [4.78, 5) is 5.12. The van der Waals surface area contributed by atoms with E-state index in [0.717, 1.165) is 13.1 Å². The number of benzene rings is 2. The minimum Gasteiger partial charge on any atom is -0.366 e.